The molecular formula is C21H26N4O4. The Balaban J connectivity index is 1.99. The first-order valence-electron chi connectivity index (χ1n) is 9.40. The molecule has 1 N–H and O–H groups in total. The number of carbonyl (C=O) groups is 2. The van der Waals surface area contributed by atoms with Crippen LogP contribution in [0.4, 0.5) is 17.1 Å². The Hall–Kier alpha value is -3.26. The molecule has 0 radical (unpaired) electrons. The molecule has 2 aromatic rings. The Morgan fingerprint density at radius 2 is 1.72 bits per heavy atom. The van der Waals surface area contributed by atoms with Gasteiger partial charge in [0, 0.05) is 30.6 Å². The van der Waals surface area contributed by atoms with E-state index in [1.807, 2.05) is 38.1 Å². The Labute approximate surface area is 170 Å². The normalized spacial score (nSPS) is 10.6. The standard InChI is InChI=1S/C21H26N4O4/c1-4-13-24(14-20(26)22-19-8-6-5-7-16(19)2)15-21(27)23(3)17-9-11-18(12-10-17)25(28)29/h5-12H,4,13-15H2,1-3H3,(H,22,26). The molecule has 29 heavy (non-hydrogen) atoms. The number of anilines is 2. The van der Waals surface area contributed by atoms with E-state index >= 15 is 0 Å². The van der Waals surface area contributed by atoms with Crippen LogP contribution in [0.2, 0.25) is 0 Å². The van der Waals surface area contributed by atoms with Crippen molar-refractivity contribution in [3.63, 3.8) is 0 Å². The number of nitro groups is 1. The van der Waals surface area contributed by atoms with Gasteiger partial charge in [-0.2, -0.15) is 0 Å². The maximum absolute atomic E-state index is 12.7. The fourth-order valence-electron chi connectivity index (χ4n) is 2.88. The van der Waals surface area contributed by atoms with Crippen LogP contribution < -0.4 is 10.2 Å². The molecule has 0 aliphatic carbocycles. The fraction of sp³-hybridized carbons (Fsp3) is 0.333. The van der Waals surface area contributed by atoms with Crippen molar-refractivity contribution < 1.29 is 14.5 Å². The minimum Gasteiger partial charge on any atom is -0.325 e. The van der Waals surface area contributed by atoms with Crippen LogP contribution >= 0.6 is 0 Å². The smallest absolute Gasteiger partial charge is 0.269 e. The van der Waals surface area contributed by atoms with Crippen LogP contribution in [0, 0.1) is 17.0 Å². The summed E-state index contributed by atoms with van der Waals surface area (Å²) < 4.78 is 0. The van der Waals surface area contributed by atoms with Crippen LogP contribution in [0.15, 0.2) is 48.5 Å². The number of aryl methyl sites for hydroxylation is 1. The number of non-ortho nitro benzene ring substituents is 1. The number of likely N-dealkylation sites (N-methyl/N-ethyl adjacent to an activating group) is 1. The highest BCUT2D eigenvalue weighted by Gasteiger charge is 2.18. The van der Waals surface area contributed by atoms with Gasteiger partial charge >= 0.3 is 0 Å². The third kappa shape index (κ3) is 6.39. The number of hydrogen-bond acceptors (Lipinski definition) is 5. The zero-order valence-electron chi connectivity index (χ0n) is 16.9. The van der Waals surface area contributed by atoms with Gasteiger partial charge in [-0.1, -0.05) is 25.1 Å². The maximum Gasteiger partial charge on any atom is 0.269 e. The van der Waals surface area contributed by atoms with Crippen LogP contribution in [0.1, 0.15) is 18.9 Å². The molecule has 0 heterocycles. The van der Waals surface area contributed by atoms with Gasteiger partial charge in [0.15, 0.2) is 0 Å². The van der Waals surface area contributed by atoms with E-state index in [-0.39, 0.29) is 30.6 Å². The molecular weight excluding hydrogens is 372 g/mol. The van der Waals surface area contributed by atoms with Gasteiger partial charge in [0.2, 0.25) is 11.8 Å². The number of nitrogens with one attached hydrogen (secondary N) is 1. The topological polar surface area (TPSA) is 95.8 Å². The molecule has 154 valence electrons. The van der Waals surface area contributed by atoms with Crippen LogP contribution in [0.3, 0.4) is 0 Å². The highest BCUT2D eigenvalue weighted by atomic mass is 16.6. The van der Waals surface area contributed by atoms with Crippen molar-refractivity contribution in [2.45, 2.75) is 20.3 Å². The van der Waals surface area contributed by atoms with E-state index in [1.54, 1.807) is 11.9 Å². The summed E-state index contributed by atoms with van der Waals surface area (Å²) in [6.45, 7) is 4.67. The molecule has 0 saturated carbocycles. The monoisotopic (exact) mass is 398 g/mol. The molecule has 2 rings (SSSR count). The zero-order chi connectivity index (χ0) is 21.4. The van der Waals surface area contributed by atoms with Gasteiger partial charge in [-0.05, 0) is 43.7 Å². The number of para-hydroxylation sites is 1. The highest BCUT2D eigenvalue weighted by Crippen LogP contribution is 2.18. The highest BCUT2D eigenvalue weighted by molar-refractivity contribution is 5.96. The predicted molar refractivity (Wildman–Crippen MR) is 113 cm³/mol. The third-order valence-electron chi connectivity index (χ3n) is 4.51. The Bertz CT molecular complexity index is 867. The zero-order valence-corrected chi connectivity index (χ0v) is 16.9. The minimum atomic E-state index is -0.484. The molecule has 0 aromatic heterocycles. The number of amides is 2. The summed E-state index contributed by atoms with van der Waals surface area (Å²) in [6.07, 6.45) is 0.798. The second kappa shape index (κ2) is 10.3. The van der Waals surface area contributed by atoms with Crippen LogP contribution in [-0.2, 0) is 9.59 Å². The van der Waals surface area contributed by atoms with Gasteiger partial charge in [-0.15, -0.1) is 0 Å². The van der Waals surface area contributed by atoms with Crippen molar-refractivity contribution in [3.8, 4) is 0 Å². The van der Waals surface area contributed by atoms with E-state index in [0.717, 1.165) is 17.7 Å². The summed E-state index contributed by atoms with van der Waals surface area (Å²) in [6, 6.07) is 13.3. The molecule has 0 aliphatic heterocycles. The lowest BCUT2D eigenvalue weighted by atomic mass is 10.2. The quantitative estimate of drug-likeness (QED) is 0.517. The van der Waals surface area contributed by atoms with Gasteiger partial charge in [0.1, 0.15) is 0 Å². The number of nitrogens with zero attached hydrogens (tertiary/aromatic N) is 3. The lowest BCUT2D eigenvalue weighted by Gasteiger charge is -2.24. The maximum atomic E-state index is 12.7. The number of hydrogen-bond donors (Lipinski definition) is 1. The average molecular weight is 398 g/mol. The Morgan fingerprint density at radius 3 is 2.31 bits per heavy atom. The fourth-order valence-corrected chi connectivity index (χ4v) is 2.88. The second-order valence-corrected chi connectivity index (χ2v) is 6.80. The van der Waals surface area contributed by atoms with Gasteiger partial charge in [0.25, 0.3) is 5.69 Å². The molecule has 0 atom stereocenters. The summed E-state index contributed by atoms with van der Waals surface area (Å²) in [5, 5.41) is 13.6. The lowest BCUT2D eigenvalue weighted by molar-refractivity contribution is -0.384. The summed E-state index contributed by atoms with van der Waals surface area (Å²) >= 11 is 0. The van der Waals surface area contributed by atoms with E-state index in [2.05, 4.69) is 5.32 Å². The number of carbonyl (C=O) groups excluding carboxylic acids is 2. The molecule has 0 saturated heterocycles. The Kier molecular flexibility index (Phi) is 7.85. The van der Waals surface area contributed by atoms with E-state index in [9.17, 15) is 19.7 Å². The molecule has 2 amide bonds. The van der Waals surface area contributed by atoms with E-state index in [4.69, 9.17) is 0 Å². The molecule has 8 nitrogen and oxygen atoms in total. The summed E-state index contributed by atoms with van der Waals surface area (Å²) in [5.74, 6) is -0.380. The van der Waals surface area contributed by atoms with Crippen LogP contribution in [-0.4, -0.2) is 48.3 Å². The number of nitro benzene ring substituents is 1. The number of rotatable bonds is 9. The first-order valence-corrected chi connectivity index (χ1v) is 9.40. The SMILES string of the molecule is CCCN(CC(=O)Nc1ccccc1C)CC(=O)N(C)c1ccc([N+](=O)[O-])cc1. The molecule has 2 aromatic carbocycles. The van der Waals surface area contributed by atoms with E-state index in [1.165, 1.54) is 29.2 Å². The van der Waals surface area contributed by atoms with Crippen molar-refractivity contribution in [2.75, 3.05) is 36.9 Å². The molecule has 0 unspecified atom stereocenters. The first-order chi connectivity index (χ1) is 13.8. The largest absolute Gasteiger partial charge is 0.325 e. The minimum absolute atomic E-state index is 0.0323. The van der Waals surface area contributed by atoms with Gasteiger partial charge < -0.3 is 10.2 Å². The van der Waals surface area contributed by atoms with Crippen molar-refractivity contribution in [1.82, 2.24) is 4.90 Å². The summed E-state index contributed by atoms with van der Waals surface area (Å²) in [4.78, 5) is 38.6. The van der Waals surface area contributed by atoms with Gasteiger partial charge in [0.05, 0.1) is 18.0 Å². The van der Waals surface area contributed by atoms with Crippen LogP contribution in [0.25, 0.3) is 0 Å². The molecule has 0 fully saturated rings. The van der Waals surface area contributed by atoms with E-state index in [0.29, 0.717) is 12.2 Å². The lowest BCUT2D eigenvalue weighted by Crippen LogP contribution is -2.42. The van der Waals surface area contributed by atoms with Crippen molar-refractivity contribution >= 4 is 28.9 Å². The van der Waals surface area contributed by atoms with Crippen molar-refractivity contribution in [3.05, 3.63) is 64.2 Å². The predicted octanol–water partition coefficient (Wildman–Crippen LogP) is 3.22. The summed E-state index contributed by atoms with van der Waals surface area (Å²) in [7, 11) is 1.61. The Morgan fingerprint density at radius 1 is 1.07 bits per heavy atom. The molecule has 0 spiro atoms. The third-order valence-corrected chi connectivity index (χ3v) is 4.51. The molecule has 8 heteroatoms. The second-order valence-electron chi connectivity index (χ2n) is 6.80. The first kappa shape index (κ1) is 22.0. The van der Waals surface area contributed by atoms with Crippen molar-refractivity contribution in [2.24, 2.45) is 0 Å². The molecule has 0 bridgehead atoms. The van der Waals surface area contributed by atoms with Gasteiger partial charge in [-0.3, -0.25) is 24.6 Å². The van der Waals surface area contributed by atoms with Gasteiger partial charge in [-0.25, -0.2) is 0 Å². The van der Waals surface area contributed by atoms with Crippen LogP contribution in [0.5, 0.6) is 0 Å². The van der Waals surface area contributed by atoms with Crippen molar-refractivity contribution in [1.29, 1.82) is 0 Å². The average Bonchev–Trinajstić information content (AvgIpc) is 2.69. The van der Waals surface area contributed by atoms with E-state index < -0.39 is 4.92 Å². The number of benzene rings is 2. The summed E-state index contributed by atoms with van der Waals surface area (Å²) in [5.41, 5.74) is 2.25. The molecule has 0 aliphatic rings.